The molecule has 2 aromatic heterocycles. The summed E-state index contributed by atoms with van der Waals surface area (Å²) in [5.41, 5.74) is 3.64. The number of amides is 1. The number of fused-ring (bicyclic) bond motifs is 1. The third-order valence-electron chi connectivity index (χ3n) is 5.69. The SMILES string of the molecule is C/C(=C\c1ccccc1)CN1CCc2nnc(CNC(=O)CCc3cccnc3)n2CC1. The summed E-state index contributed by atoms with van der Waals surface area (Å²) in [5.74, 6) is 1.84. The Labute approximate surface area is 189 Å². The van der Waals surface area contributed by atoms with Crippen LogP contribution in [0.5, 0.6) is 0 Å². The number of hydrogen-bond donors (Lipinski definition) is 1. The van der Waals surface area contributed by atoms with Gasteiger partial charge in [0.1, 0.15) is 5.82 Å². The minimum Gasteiger partial charge on any atom is -0.349 e. The van der Waals surface area contributed by atoms with Gasteiger partial charge in [-0.3, -0.25) is 14.7 Å². The number of nitrogens with zero attached hydrogens (tertiary/aromatic N) is 5. The number of rotatable bonds is 8. The Hall–Kier alpha value is -3.32. The zero-order valence-corrected chi connectivity index (χ0v) is 18.6. The van der Waals surface area contributed by atoms with Crippen LogP contribution in [0.15, 0.2) is 60.4 Å². The summed E-state index contributed by atoms with van der Waals surface area (Å²) in [6, 6.07) is 14.3. The number of carbonyl (C=O) groups is 1. The molecule has 1 aliphatic heterocycles. The number of aromatic nitrogens is 4. The third-order valence-corrected chi connectivity index (χ3v) is 5.69. The quantitative estimate of drug-likeness (QED) is 0.595. The van der Waals surface area contributed by atoms with Crippen molar-refractivity contribution in [2.24, 2.45) is 0 Å². The number of benzene rings is 1. The highest BCUT2D eigenvalue weighted by Crippen LogP contribution is 2.13. The van der Waals surface area contributed by atoms with Crippen LogP contribution in [0.3, 0.4) is 0 Å². The van der Waals surface area contributed by atoms with Crippen LogP contribution < -0.4 is 5.32 Å². The van der Waals surface area contributed by atoms with Crippen LogP contribution in [0.1, 0.15) is 36.1 Å². The maximum absolute atomic E-state index is 12.3. The molecule has 3 heterocycles. The average Bonchev–Trinajstić information content (AvgIpc) is 3.10. The molecule has 0 atom stereocenters. The standard InChI is InChI=1S/C25H30N6O/c1-20(16-21-6-3-2-4-7-21)19-30-13-11-23-28-29-24(31(23)15-14-30)18-27-25(32)10-9-22-8-5-12-26-17-22/h2-8,12,16-17H,9-11,13-15,18-19H2,1H3,(H,27,32)/b20-16+. The largest absolute Gasteiger partial charge is 0.349 e. The minimum atomic E-state index is 0.0168. The summed E-state index contributed by atoms with van der Waals surface area (Å²) in [6.07, 6.45) is 7.77. The van der Waals surface area contributed by atoms with Crippen molar-refractivity contribution in [3.63, 3.8) is 0 Å². The number of aryl methyl sites for hydroxylation is 1. The van der Waals surface area contributed by atoms with E-state index >= 15 is 0 Å². The van der Waals surface area contributed by atoms with Crippen molar-refractivity contribution in [1.29, 1.82) is 0 Å². The molecule has 3 aromatic rings. The first-order valence-electron chi connectivity index (χ1n) is 11.2. The molecule has 7 heteroatoms. The summed E-state index contributed by atoms with van der Waals surface area (Å²) in [5, 5.41) is 11.7. The molecule has 32 heavy (non-hydrogen) atoms. The van der Waals surface area contributed by atoms with E-state index in [4.69, 9.17) is 0 Å². The first kappa shape index (κ1) is 21.9. The predicted octanol–water partition coefficient (Wildman–Crippen LogP) is 2.88. The molecule has 0 spiro atoms. The number of carbonyl (C=O) groups excluding carboxylic acids is 1. The molecular weight excluding hydrogens is 400 g/mol. The fraction of sp³-hybridized carbons (Fsp3) is 0.360. The van der Waals surface area contributed by atoms with Crippen molar-refractivity contribution in [2.75, 3.05) is 19.6 Å². The summed E-state index contributed by atoms with van der Waals surface area (Å²) in [6.45, 7) is 6.26. The van der Waals surface area contributed by atoms with Gasteiger partial charge in [0.25, 0.3) is 0 Å². The molecule has 1 amide bonds. The highest BCUT2D eigenvalue weighted by molar-refractivity contribution is 5.76. The van der Waals surface area contributed by atoms with E-state index in [1.807, 2.05) is 18.2 Å². The Bertz CT molecular complexity index is 1040. The average molecular weight is 431 g/mol. The van der Waals surface area contributed by atoms with Gasteiger partial charge in [-0.15, -0.1) is 10.2 Å². The van der Waals surface area contributed by atoms with E-state index in [0.29, 0.717) is 19.4 Å². The van der Waals surface area contributed by atoms with Crippen LogP contribution in [0.2, 0.25) is 0 Å². The van der Waals surface area contributed by atoms with Gasteiger partial charge in [-0.2, -0.15) is 0 Å². The van der Waals surface area contributed by atoms with E-state index in [1.54, 1.807) is 12.4 Å². The Morgan fingerprint density at radius 3 is 2.78 bits per heavy atom. The summed E-state index contributed by atoms with van der Waals surface area (Å²) >= 11 is 0. The highest BCUT2D eigenvalue weighted by atomic mass is 16.1. The smallest absolute Gasteiger partial charge is 0.220 e. The van der Waals surface area contributed by atoms with Gasteiger partial charge in [0, 0.05) is 51.4 Å². The zero-order chi connectivity index (χ0) is 22.2. The van der Waals surface area contributed by atoms with Gasteiger partial charge in [-0.1, -0.05) is 48.0 Å². The minimum absolute atomic E-state index is 0.0168. The number of pyridine rings is 1. The van der Waals surface area contributed by atoms with Crippen LogP contribution in [0.4, 0.5) is 0 Å². The normalized spacial score (nSPS) is 14.6. The molecular formula is C25H30N6O. The Kier molecular flexibility index (Phi) is 7.40. The van der Waals surface area contributed by atoms with E-state index in [2.05, 4.69) is 67.2 Å². The van der Waals surface area contributed by atoms with Crippen molar-refractivity contribution < 1.29 is 4.79 Å². The van der Waals surface area contributed by atoms with E-state index in [9.17, 15) is 4.79 Å². The van der Waals surface area contributed by atoms with E-state index in [1.165, 1.54) is 11.1 Å². The molecule has 0 bridgehead atoms. The Morgan fingerprint density at radius 2 is 1.97 bits per heavy atom. The molecule has 1 aliphatic rings. The second kappa shape index (κ2) is 10.8. The topological polar surface area (TPSA) is 75.9 Å². The fourth-order valence-electron chi connectivity index (χ4n) is 4.02. The van der Waals surface area contributed by atoms with Crippen molar-refractivity contribution in [3.8, 4) is 0 Å². The van der Waals surface area contributed by atoms with Crippen LogP contribution in [0, 0.1) is 0 Å². The van der Waals surface area contributed by atoms with E-state index in [-0.39, 0.29) is 5.91 Å². The molecule has 0 saturated carbocycles. The number of hydrogen-bond acceptors (Lipinski definition) is 5. The van der Waals surface area contributed by atoms with Gasteiger partial charge in [0.15, 0.2) is 5.82 Å². The van der Waals surface area contributed by atoms with Crippen molar-refractivity contribution in [2.45, 2.75) is 39.3 Å². The van der Waals surface area contributed by atoms with Crippen LogP contribution >= 0.6 is 0 Å². The van der Waals surface area contributed by atoms with Gasteiger partial charge < -0.3 is 9.88 Å². The van der Waals surface area contributed by atoms with Gasteiger partial charge in [0.05, 0.1) is 6.54 Å². The van der Waals surface area contributed by atoms with Gasteiger partial charge in [-0.05, 0) is 30.5 Å². The molecule has 4 rings (SSSR count). The van der Waals surface area contributed by atoms with Gasteiger partial charge >= 0.3 is 0 Å². The second-order valence-corrected chi connectivity index (χ2v) is 8.25. The van der Waals surface area contributed by atoms with Crippen LogP contribution in [0.25, 0.3) is 6.08 Å². The zero-order valence-electron chi connectivity index (χ0n) is 18.6. The van der Waals surface area contributed by atoms with E-state index < -0.39 is 0 Å². The molecule has 1 aromatic carbocycles. The lowest BCUT2D eigenvalue weighted by Crippen LogP contribution is -2.29. The Balaban J connectivity index is 1.27. The molecule has 166 valence electrons. The molecule has 0 saturated heterocycles. The molecule has 0 fully saturated rings. The van der Waals surface area contributed by atoms with Crippen molar-refractivity contribution in [1.82, 2.24) is 30.0 Å². The Morgan fingerprint density at radius 1 is 1.09 bits per heavy atom. The molecule has 0 aliphatic carbocycles. The van der Waals surface area contributed by atoms with Crippen molar-refractivity contribution >= 4 is 12.0 Å². The molecule has 1 N–H and O–H groups in total. The lowest BCUT2D eigenvalue weighted by atomic mass is 10.1. The van der Waals surface area contributed by atoms with Crippen LogP contribution in [-0.4, -0.2) is 50.2 Å². The maximum atomic E-state index is 12.3. The summed E-state index contributed by atoms with van der Waals surface area (Å²) < 4.78 is 2.16. The summed E-state index contributed by atoms with van der Waals surface area (Å²) in [4.78, 5) is 18.8. The lowest BCUT2D eigenvalue weighted by molar-refractivity contribution is -0.121. The predicted molar refractivity (Wildman–Crippen MR) is 125 cm³/mol. The monoisotopic (exact) mass is 430 g/mol. The van der Waals surface area contributed by atoms with E-state index in [0.717, 1.165) is 49.8 Å². The highest BCUT2D eigenvalue weighted by Gasteiger charge is 2.19. The van der Waals surface area contributed by atoms with Gasteiger partial charge in [-0.25, -0.2) is 0 Å². The summed E-state index contributed by atoms with van der Waals surface area (Å²) in [7, 11) is 0. The molecule has 7 nitrogen and oxygen atoms in total. The molecule has 0 radical (unpaired) electrons. The first-order valence-corrected chi connectivity index (χ1v) is 11.2. The maximum Gasteiger partial charge on any atom is 0.220 e. The van der Waals surface area contributed by atoms with Gasteiger partial charge in [0.2, 0.25) is 5.91 Å². The fourth-order valence-corrected chi connectivity index (χ4v) is 4.02. The lowest BCUT2D eigenvalue weighted by Gasteiger charge is -2.20. The van der Waals surface area contributed by atoms with Crippen molar-refractivity contribution in [3.05, 3.63) is 83.2 Å². The number of nitrogens with one attached hydrogen (secondary N) is 1. The first-order chi connectivity index (χ1) is 15.7. The second-order valence-electron chi connectivity index (χ2n) is 8.25. The third kappa shape index (κ3) is 6.11. The molecule has 0 unspecified atom stereocenters. The van der Waals surface area contributed by atoms with Crippen LogP contribution in [-0.2, 0) is 30.7 Å².